The summed E-state index contributed by atoms with van der Waals surface area (Å²) in [4.78, 5) is 11.4. The number of hydrogen-bond acceptors (Lipinski definition) is 4. The van der Waals surface area contributed by atoms with Crippen LogP contribution in [0.25, 0.3) is 0 Å². The maximum absolute atomic E-state index is 11.4. The molecule has 1 unspecified atom stereocenters. The summed E-state index contributed by atoms with van der Waals surface area (Å²) in [6.07, 6.45) is 1.78. The predicted octanol–water partition coefficient (Wildman–Crippen LogP) is 1.57. The standard InChI is InChI=1S/C10H19NO2S/c1-5-6-14-7-8(11)9(12)13-10(2,3)4/h5,8H,1,6-7,11H2,2-4H3. The molecule has 0 aromatic rings. The van der Waals surface area contributed by atoms with Crippen molar-refractivity contribution in [1.82, 2.24) is 0 Å². The van der Waals surface area contributed by atoms with E-state index < -0.39 is 11.6 Å². The normalized spacial score (nSPS) is 13.4. The third kappa shape index (κ3) is 6.97. The fourth-order valence-electron chi connectivity index (χ4n) is 0.724. The van der Waals surface area contributed by atoms with Crippen molar-refractivity contribution in [3.05, 3.63) is 12.7 Å². The first kappa shape index (κ1) is 13.5. The zero-order valence-electron chi connectivity index (χ0n) is 9.08. The van der Waals surface area contributed by atoms with Crippen molar-refractivity contribution in [2.45, 2.75) is 32.4 Å². The summed E-state index contributed by atoms with van der Waals surface area (Å²) in [5, 5.41) is 0. The van der Waals surface area contributed by atoms with Gasteiger partial charge in [0, 0.05) is 11.5 Å². The molecule has 0 aromatic heterocycles. The van der Waals surface area contributed by atoms with Crippen LogP contribution >= 0.6 is 11.8 Å². The number of carbonyl (C=O) groups excluding carboxylic acids is 1. The third-order valence-electron chi connectivity index (χ3n) is 1.24. The Kier molecular flexibility index (Phi) is 5.88. The Labute approximate surface area is 90.1 Å². The summed E-state index contributed by atoms with van der Waals surface area (Å²) in [7, 11) is 0. The molecule has 0 bridgehead atoms. The number of rotatable bonds is 5. The van der Waals surface area contributed by atoms with Gasteiger partial charge < -0.3 is 10.5 Å². The Balaban J connectivity index is 3.82. The molecule has 0 amide bonds. The number of ether oxygens (including phenoxy) is 1. The third-order valence-corrected chi connectivity index (χ3v) is 2.31. The van der Waals surface area contributed by atoms with Gasteiger partial charge >= 0.3 is 5.97 Å². The van der Waals surface area contributed by atoms with E-state index in [2.05, 4.69) is 6.58 Å². The lowest BCUT2D eigenvalue weighted by Crippen LogP contribution is -2.39. The molecular weight excluding hydrogens is 198 g/mol. The molecule has 0 saturated heterocycles. The molecule has 0 spiro atoms. The van der Waals surface area contributed by atoms with Crippen LogP contribution in [0, 0.1) is 0 Å². The van der Waals surface area contributed by atoms with Gasteiger partial charge in [-0.3, -0.25) is 4.79 Å². The molecule has 0 fully saturated rings. The highest BCUT2D eigenvalue weighted by Crippen LogP contribution is 2.10. The van der Waals surface area contributed by atoms with E-state index in [1.165, 1.54) is 0 Å². The Morgan fingerprint density at radius 2 is 2.21 bits per heavy atom. The van der Waals surface area contributed by atoms with E-state index in [4.69, 9.17) is 10.5 Å². The largest absolute Gasteiger partial charge is 0.459 e. The molecule has 0 aromatic carbocycles. The second-order valence-corrected chi connectivity index (χ2v) is 5.04. The molecule has 0 aliphatic rings. The highest BCUT2D eigenvalue weighted by Gasteiger charge is 2.21. The molecule has 0 saturated carbocycles. The molecular formula is C10H19NO2S. The lowest BCUT2D eigenvalue weighted by atomic mass is 10.2. The van der Waals surface area contributed by atoms with Crippen molar-refractivity contribution >= 4 is 17.7 Å². The maximum Gasteiger partial charge on any atom is 0.324 e. The number of nitrogens with two attached hydrogens (primary N) is 1. The number of esters is 1. The lowest BCUT2D eigenvalue weighted by Gasteiger charge is -2.21. The van der Waals surface area contributed by atoms with Gasteiger partial charge in [0.1, 0.15) is 11.6 Å². The summed E-state index contributed by atoms with van der Waals surface area (Å²) in [5.74, 6) is 1.03. The summed E-state index contributed by atoms with van der Waals surface area (Å²) in [6, 6.07) is -0.542. The predicted molar refractivity (Wildman–Crippen MR) is 61.3 cm³/mol. The Bertz CT molecular complexity index is 199. The van der Waals surface area contributed by atoms with Crippen molar-refractivity contribution in [3.8, 4) is 0 Å². The van der Waals surface area contributed by atoms with Gasteiger partial charge in [-0.2, -0.15) is 11.8 Å². The fourth-order valence-corrected chi connectivity index (χ4v) is 1.42. The Morgan fingerprint density at radius 3 is 2.64 bits per heavy atom. The molecule has 2 N–H and O–H groups in total. The van der Waals surface area contributed by atoms with E-state index >= 15 is 0 Å². The Morgan fingerprint density at radius 1 is 1.64 bits per heavy atom. The van der Waals surface area contributed by atoms with Crippen molar-refractivity contribution < 1.29 is 9.53 Å². The van der Waals surface area contributed by atoms with E-state index in [1.54, 1.807) is 17.8 Å². The highest BCUT2D eigenvalue weighted by atomic mass is 32.2. The quantitative estimate of drug-likeness (QED) is 0.431. The van der Waals surface area contributed by atoms with Gasteiger partial charge in [-0.15, -0.1) is 6.58 Å². The minimum atomic E-state index is -0.542. The monoisotopic (exact) mass is 217 g/mol. The maximum atomic E-state index is 11.4. The molecule has 4 heteroatoms. The van der Waals surface area contributed by atoms with Gasteiger partial charge in [0.05, 0.1) is 0 Å². The summed E-state index contributed by atoms with van der Waals surface area (Å²) >= 11 is 1.57. The van der Waals surface area contributed by atoms with Gasteiger partial charge in [-0.1, -0.05) is 6.08 Å². The van der Waals surface area contributed by atoms with Crippen molar-refractivity contribution in [3.63, 3.8) is 0 Å². The van der Waals surface area contributed by atoms with Crippen LogP contribution in [0.1, 0.15) is 20.8 Å². The average molecular weight is 217 g/mol. The average Bonchev–Trinajstić information content (AvgIpc) is 2.01. The first-order valence-electron chi connectivity index (χ1n) is 4.54. The molecule has 14 heavy (non-hydrogen) atoms. The van der Waals surface area contributed by atoms with E-state index in [9.17, 15) is 4.79 Å². The fraction of sp³-hybridized carbons (Fsp3) is 0.700. The van der Waals surface area contributed by atoms with Crippen LogP contribution in [0.5, 0.6) is 0 Å². The summed E-state index contributed by atoms with van der Waals surface area (Å²) in [6.45, 7) is 9.07. The van der Waals surface area contributed by atoms with E-state index in [0.717, 1.165) is 5.75 Å². The molecule has 0 aliphatic carbocycles. The van der Waals surface area contributed by atoms with Crippen molar-refractivity contribution in [2.75, 3.05) is 11.5 Å². The van der Waals surface area contributed by atoms with Crippen molar-refractivity contribution in [1.29, 1.82) is 0 Å². The number of hydrogen-bond donors (Lipinski definition) is 1. The summed E-state index contributed by atoms with van der Waals surface area (Å²) < 4.78 is 5.13. The minimum Gasteiger partial charge on any atom is -0.459 e. The van der Waals surface area contributed by atoms with Crippen molar-refractivity contribution in [2.24, 2.45) is 5.73 Å². The highest BCUT2D eigenvalue weighted by molar-refractivity contribution is 7.99. The van der Waals surface area contributed by atoms with Gasteiger partial charge in [0.15, 0.2) is 0 Å². The molecule has 82 valence electrons. The topological polar surface area (TPSA) is 52.3 Å². The molecule has 1 atom stereocenters. The van der Waals surface area contributed by atoms with Crippen LogP contribution in [-0.4, -0.2) is 29.1 Å². The van der Waals surface area contributed by atoms with Crippen LogP contribution in [-0.2, 0) is 9.53 Å². The zero-order valence-corrected chi connectivity index (χ0v) is 9.89. The lowest BCUT2D eigenvalue weighted by molar-refractivity contribution is -0.155. The van der Waals surface area contributed by atoms with Crippen LogP contribution in [0.2, 0.25) is 0 Å². The second kappa shape index (κ2) is 6.09. The SMILES string of the molecule is C=CCSCC(N)C(=O)OC(C)(C)C. The van der Waals surface area contributed by atoms with E-state index in [0.29, 0.717) is 5.75 Å². The van der Waals surface area contributed by atoms with Gasteiger partial charge in [-0.05, 0) is 20.8 Å². The van der Waals surface area contributed by atoms with E-state index in [1.807, 2.05) is 20.8 Å². The van der Waals surface area contributed by atoms with Gasteiger partial charge in [0.2, 0.25) is 0 Å². The first-order chi connectivity index (χ1) is 6.37. The molecule has 3 nitrogen and oxygen atoms in total. The summed E-state index contributed by atoms with van der Waals surface area (Å²) in [5.41, 5.74) is 5.17. The molecule has 0 radical (unpaired) electrons. The van der Waals surface area contributed by atoms with Gasteiger partial charge in [0.25, 0.3) is 0 Å². The smallest absolute Gasteiger partial charge is 0.324 e. The van der Waals surface area contributed by atoms with Crippen LogP contribution in [0.15, 0.2) is 12.7 Å². The first-order valence-corrected chi connectivity index (χ1v) is 5.69. The number of thioether (sulfide) groups is 1. The minimum absolute atomic E-state index is 0.339. The van der Waals surface area contributed by atoms with E-state index in [-0.39, 0.29) is 5.97 Å². The van der Waals surface area contributed by atoms with Crippen LogP contribution in [0.3, 0.4) is 0 Å². The Hall–Kier alpha value is -0.480. The molecule has 0 rings (SSSR count). The molecule has 0 aliphatic heterocycles. The van der Waals surface area contributed by atoms with Crippen LogP contribution < -0.4 is 5.73 Å². The van der Waals surface area contributed by atoms with Gasteiger partial charge in [-0.25, -0.2) is 0 Å². The zero-order chi connectivity index (χ0) is 11.2. The number of carbonyl (C=O) groups is 1. The second-order valence-electron chi connectivity index (χ2n) is 3.97. The van der Waals surface area contributed by atoms with Crippen LogP contribution in [0.4, 0.5) is 0 Å². The molecule has 0 heterocycles.